The standard InChI is InChI=1S/C9H15F3N2O2/c1-2-4-7(15)13-5-3-6-14-8(16)9(10,11)12/h2-6H2,1H3,(H,13,15)(H,14,16). The summed E-state index contributed by atoms with van der Waals surface area (Å²) in [5.41, 5.74) is 0. The number of amides is 2. The van der Waals surface area contributed by atoms with Gasteiger partial charge in [0.05, 0.1) is 0 Å². The lowest BCUT2D eigenvalue weighted by Gasteiger charge is -2.08. The Hall–Kier alpha value is -1.27. The summed E-state index contributed by atoms with van der Waals surface area (Å²) < 4.78 is 35.1. The molecule has 0 aromatic heterocycles. The Morgan fingerprint density at radius 3 is 2.19 bits per heavy atom. The molecule has 0 fully saturated rings. The van der Waals surface area contributed by atoms with Crippen LogP contribution in [-0.2, 0) is 9.59 Å². The lowest BCUT2D eigenvalue weighted by molar-refractivity contribution is -0.173. The highest BCUT2D eigenvalue weighted by molar-refractivity contribution is 5.81. The minimum Gasteiger partial charge on any atom is -0.356 e. The molecule has 0 atom stereocenters. The van der Waals surface area contributed by atoms with Crippen LogP contribution in [0.5, 0.6) is 0 Å². The molecule has 0 saturated carbocycles. The van der Waals surface area contributed by atoms with Crippen molar-refractivity contribution in [1.29, 1.82) is 0 Å². The minimum absolute atomic E-state index is 0.106. The molecule has 0 aromatic rings. The number of alkyl halides is 3. The van der Waals surface area contributed by atoms with Crippen molar-refractivity contribution in [2.24, 2.45) is 0 Å². The minimum atomic E-state index is -4.84. The van der Waals surface area contributed by atoms with E-state index in [1.807, 2.05) is 6.92 Å². The van der Waals surface area contributed by atoms with Gasteiger partial charge in [-0.2, -0.15) is 13.2 Å². The number of hydrogen-bond acceptors (Lipinski definition) is 2. The van der Waals surface area contributed by atoms with Gasteiger partial charge in [0.25, 0.3) is 0 Å². The van der Waals surface area contributed by atoms with Crippen LogP contribution < -0.4 is 10.6 Å². The first-order chi connectivity index (χ1) is 7.38. The first-order valence-electron chi connectivity index (χ1n) is 4.99. The predicted octanol–water partition coefficient (Wildman–Crippen LogP) is 0.971. The van der Waals surface area contributed by atoms with Gasteiger partial charge in [-0.15, -0.1) is 0 Å². The Kier molecular flexibility index (Phi) is 6.52. The van der Waals surface area contributed by atoms with Crippen molar-refractivity contribution in [2.75, 3.05) is 13.1 Å². The Labute approximate surface area is 91.6 Å². The SMILES string of the molecule is CCCC(=O)NCCCNC(=O)C(F)(F)F. The van der Waals surface area contributed by atoms with Crippen molar-refractivity contribution in [3.8, 4) is 0 Å². The number of rotatable bonds is 6. The highest BCUT2D eigenvalue weighted by atomic mass is 19.4. The van der Waals surface area contributed by atoms with Gasteiger partial charge in [0, 0.05) is 19.5 Å². The monoisotopic (exact) mass is 240 g/mol. The summed E-state index contributed by atoms with van der Waals surface area (Å²) in [4.78, 5) is 21.3. The smallest absolute Gasteiger partial charge is 0.356 e. The molecule has 0 aromatic carbocycles. The van der Waals surface area contributed by atoms with Gasteiger partial charge in [0.1, 0.15) is 0 Å². The average Bonchev–Trinajstić information content (AvgIpc) is 2.16. The summed E-state index contributed by atoms with van der Waals surface area (Å²) in [6, 6.07) is 0. The topological polar surface area (TPSA) is 58.2 Å². The molecule has 0 saturated heterocycles. The van der Waals surface area contributed by atoms with Crippen LogP contribution in [0, 0.1) is 0 Å². The summed E-state index contributed by atoms with van der Waals surface area (Å²) in [6.07, 6.45) is -3.45. The zero-order chi connectivity index (χ0) is 12.6. The van der Waals surface area contributed by atoms with E-state index < -0.39 is 12.1 Å². The molecule has 2 N–H and O–H groups in total. The van der Waals surface area contributed by atoms with E-state index in [0.29, 0.717) is 6.42 Å². The van der Waals surface area contributed by atoms with Crippen LogP contribution in [-0.4, -0.2) is 31.1 Å². The van der Waals surface area contributed by atoms with Gasteiger partial charge in [-0.05, 0) is 12.8 Å². The van der Waals surface area contributed by atoms with E-state index in [4.69, 9.17) is 0 Å². The van der Waals surface area contributed by atoms with Gasteiger partial charge in [-0.1, -0.05) is 6.92 Å². The molecular formula is C9H15F3N2O2. The molecule has 4 nitrogen and oxygen atoms in total. The lowest BCUT2D eigenvalue weighted by atomic mass is 10.3. The van der Waals surface area contributed by atoms with Crippen molar-refractivity contribution < 1.29 is 22.8 Å². The molecule has 0 rings (SSSR count). The maximum Gasteiger partial charge on any atom is 0.471 e. The Morgan fingerprint density at radius 2 is 1.69 bits per heavy atom. The molecule has 0 aliphatic heterocycles. The van der Waals surface area contributed by atoms with Gasteiger partial charge in [-0.3, -0.25) is 9.59 Å². The second-order valence-corrected chi connectivity index (χ2v) is 3.21. The fraction of sp³-hybridized carbons (Fsp3) is 0.778. The Balaban J connectivity index is 3.48. The molecule has 2 amide bonds. The first kappa shape index (κ1) is 14.7. The molecule has 0 unspecified atom stereocenters. The quantitative estimate of drug-likeness (QED) is 0.680. The fourth-order valence-electron chi connectivity index (χ4n) is 0.934. The summed E-state index contributed by atoms with van der Waals surface area (Å²) in [5, 5.41) is 4.24. The molecule has 0 aliphatic rings. The van der Waals surface area contributed by atoms with Gasteiger partial charge in [0.2, 0.25) is 5.91 Å². The fourth-order valence-corrected chi connectivity index (χ4v) is 0.934. The van der Waals surface area contributed by atoms with Crippen molar-refractivity contribution in [2.45, 2.75) is 32.4 Å². The number of carbonyl (C=O) groups is 2. The van der Waals surface area contributed by atoms with E-state index >= 15 is 0 Å². The molecular weight excluding hydrogens is 225 g/mol. The van der Waals surface area contributed by atoms with E-state index in [1.165, 1.54) is 0 Å². The van der Waals surface area contributed by atoms with Gasteiger partial charge in [-0.25, -0.2) is 0 Å². The summed E-state index contributed by atoms with van der Waals surface area (Å²) in [6.45, 7) is 2.00. The lowest BCUT2D eigenvalue weighted by Crippen LogP contribution is -2.38. The Bertz CT molecular complexity index is 241. The van der Waals surface area contributed by atoms with E-state index in [-0.39, 0.29) is 25.4 Å². The van der Waals surface area contributed by atoms with Crippen molar-refractivity contribution in [1.82, 2.24) is 10.6 Å². The Morgan fingerprint density at radius 1 is 1.12 bits per heavy atom. The molecule has 0 aliphatic carbocycles. The number of nitrogens with one attached hydrogen (secondary N) is 2. The molecule has 0 bridgehead atoms. The van der Waals surface area contributed by atoms with Gasteiger partial charge >= 0.3 is 12.1 Å². The highest BCUT2D eigenvalue weighted by Gasteiger charge is 2.38. The van der Waals surface area contributed by atoms with Crippen molar-refractivity contribution in [3.05, 3.63) is 0 Å². The van der Waals surface area contributed by atoms with Crippen LogP contribution in [0.1, 0.15) is 26.2 Å². The number of hydrogen-bond donors (Lipinski definition) is 2. The zero-order valence-corrected chi connectivity index (χ0v) is 8.99. The highest BCUT2D eigenvalue weighted by Crippen LogP contribution is 2.13. The largest absolute Gasteiger partial charge is 0.471 e. The van der Waals surface area contributed by atoms with Crippen LogP contribution in [0.3, 0.4) is 0 Å². The molecule has 7 heteroatoms. The molecule has 16 heavy (non-hydrogen) atoms. The summed E-state index contributed by atoms with van der Waals surface area (Å²) in [5.74, 6) is -2.09. The number of carbonyl (C=O) groups excluding carboxylic acids is 2. The van der Waals surface area contributed by atoms with Crippen LogP contribution in [0.25, 0.3) is 0 Å². The number of halogens is 3. The van der Waals surface area contributed by atoms with Crippen molar-refractivity contribution >= 4 is 11.8 Å². The zero-order valence-electron chi connectivity index (χ0n) is 8.99. The van der Waals surface area contributed by atoms with Crippen molar-refractivity contribution in [3.63, 3.8) is 0 Å². The summed E-state index contributed by atoms with van der Waals surface area (Å²) in [7, 11) is 0. The summed E-state index contributed by atoms with van der Waals surface area (Å²) >= 11 is 0. The van der Waals surface area contributed by atoms with Crippen LogP contribution in [0.4, 0.5) is 13.2 Å². The average molecular weight is 240 g/mol. The first-order valence-corrected chi connectivity index (χ1v) is 4.99. The molecule has 0 spiro atoms. The van der Waals surface area contributed by atoms with E-state index in [0.717, 1.165) is 6.42 Å². The van der Waals surface area contributed by atoms with Crippen LogP contribution in [0.2, 0.25) is 0 Å². The van der Waals surface area contributed by atoms with Gasteiger partial charge in [0.15, 0.2) is 0 Å². The van der Waals surface area contributed by atoms with Crippen LogP contribution >= 0.6 is 0 Å². The third-order valence-corrected chi connectivity index (χ3v) is 1.70. The maximum atomic E-state index is 11.7. The van der Waals surface area contributed by atoms with E-state index in [9.17, 15) is 22.8 Å². The van der Waals surface area contributed by atoms with E-state index in [2.05, 4.69) is 5.32 Å². The second-order valence-electron chi connectivity index (χ2n) is 3.21. The molecule has 0 radical (unpaired) electrons. The van der Waals surface area contributed by atoms with E-state index in [1.54, 1.807) is 5.32 Å². The normalized spacial score (nSPS) is 11.0. The molecule has 94 valence electrons. The van der Waals surface area contributed by atoms with Crippen LogP contribution in [0.15, 0.2) is 0 Å². The predicted molar refractivity (Wildman–Crippen MR) is 51.6 cm³/mol. The maximum absolute atomic E-state index is 11.7. The van der Waals surface area contributed by atoms with Gasteiger partial charge < -0.3 is 10.6 Å². The molecule has 0 heterocycles. The second kappa shape index (κ2) is 7.08. The third kappa shape index (κ3) is 7.08. The third-order valence-electron chi connectivity index (χ3n) is 1.70.